The summed E-state index contributed by atoms with van der Waals surface area (Å²) in [4.78, 5) is 16.8. The van der Waals surface area contributed by atoms with E-state index in [2.05, 4.69) is 22.3 Å². The normalized spacial score (nSPS) is 19.6. The highest BCUT2D eigenvalue weighted by Crippen LogP contribution is 2.23. The molecule has 0 bridgehead atoms. The number of piperidine rings is 1. The Bertz CT molecular complexity index is 494. The molecular formula is C17H25N3OS. The average Bonchev–Trinajstić information content (AvgIpc) is 2.85. The first kappa shape index (κ1) is 15.5. The minimum absolute atomic E-state index is 0.0401. The molecule has 2 amide bonds. The van der Waals surface area contributed by atoms with Crippen LogP contribution in [0.2, 0.25) is 0 Å². The molecule has 0 saturated carbocycles. The smallest absolute Gasteiger partial charge is 0.321 e. The zero-order valence-corrected chi connectivity index (χ0v) is 13.9. The molecule has 0 spiro atoms. The standard InChI is InChI=1S/C17H25N3OS/c21-17(20-10-5-12-22-13-11-20)18-15-6-4-7-16(14-15)19-8-2-1-3-9-19/h4,6-7,14H,1-3,5,8-13H2,(H,18,21). The van der Waals surface area contributed by atoms with Gasteiger partial charge in [-0.25, -0.2) is 4.79 Å². The number of urea groups is 1. The Morgan fingerprint density at radius 3 is 2.73 bits per heavy atom. The van der Waals surface area contributed by atoms with Gasteiger partial charge >= 0.3 is 6.03 Å². The van der Waals surface area contributed by atoms with Crippen molar-refractivity contribution in [3.05, 3.63) is 24.3 Å². The second-order valence-corrected chi connectivity index (χ2v) is 7.21. The van der Waals surface area contributed by atoms with Crippen molar-refractivity contribution in [2.45, 2.75) is 25.7 Å². The van der Waals surface area contributed by atoms with E-state index in [-0.39, 0.29) is 6.03 Å². The van der Waals surface area contributed by atoms with E-state index in [0.717, 1.165) is 49.8 Å². The number of thioether (sulfide) groups is 1. The summed E-state index contributed by atoms with van der Waals surface area (Å²) in [5.74, 6) is 2.20. The molecule has 0 radical (unpaired) electrons. The van der Waals surface area contributed by atoms with Crippen LogP contribution < -0.4 is 10.2 Å². The zero-order valence-electron chi connectivity index (χ0n) is 13.1. The Morgan fingerprint density at radius 1 is 1.00 bits per heavy atom. The molecule has 1 aromatic rings. The topological polar surface area (TPSA) is 35.6 Å². The Balaban J connectivity index is 1.62. The number of carbonyl (C=O) groups excluding carboxylic acids is 1. The van der Waals surface area contributed by atoms with Gasteiger partial charge in [-0.1, -0.05) is 6.07 Å². The van der Waals surface area contributed by atoms with E-state index < -0.39 is 0 Å². The summed E-state index contributed by atoms with van der Waals surface area (Å²) in [6.45, 7) is 3.97. The molecule has 0 atom stereocenters. The van der Waals surface area contributed by atoms with Crippen LogP contribution in [0.3, 0.4) is 0 Å². The van der Waals surface area contributed by atoms with Crippen LogP contribution in [0.4, 0.5) is 16.2 Å². The van der Waals surface area contributed by atoms with E-state index >= 15 is 0 Å². The lowest BCUT2D eigenvalue weighted by Crippen LogP contribution is -2.36. The van der Waals surface area contributed by atoms with Crippen LogP contribution in [0.15, 0.2) is 24.3 Å². The van der Waals surface area contributed by atoms with Gasteiger partial charge < -0.3 is 15.1 Å². The van der Waals surface area contributed by atoms with Crippen molar-refractivity contribution >= 4 is 29.2 Å². The van der Waals surface area contributed by atoms with Crippen molar-refractivity contribution < 1.29 is 4.79 Å². The minimum Gasteiger partial charge on any atom is -0.371 e. The number of anilines is 2. The number of hydrogen-bond acceptors (Lipinski definition) is 3. The average molecular weight is 319 g/mol. The summed E-state index contributed by atoms with van der Waals surface area (Å²) in [6, 6.07) is 8.31. The van der Waals surface area contributed by atoms with Gasteiger partial charge in [-0.2, -0.15) is 11.8 Å². The molecule has 2 aliphatic rings. The number of rotatable bonds is 2. The summed E-state index contributed by atoms with van der Waals surface area (Å²) in [5.41, 5.74) is 2.13. The number of nitrogens with zero attached hydrogens (tertiary/aromatic N) is 2. The third-order valence-corrected chi connectivity index (χ3v) is 5.38. The van der Waals surface area contributed by atoms with Crippen molar-refractivity contribution in [2.75, 3.05) is 47.9 Å². The van der Waals surface area contributed by atoms with Gasteiger partial charge in [0, 0.05) is 43.3 Å². The minimum atomic E-state index is 0.0401. The van der Waals surface area contributed by atoms with E-state index in [0.29, 0.717) is 0 Å². The second-order valence-electron chi connectivity index (χ2n) is 5.98. The van der Waals surface area contributed by atoms with Gasteiger partial charge in [0.25, 0.3) is 0 Å². The van der Waals surface area contributed by atoms with Crippen molar-refractivity contribution in [3.8, 4) is 0 Å². The fourth-order valence-corrected chi connectivity index (χ4v) is 3.97. The third kappa shape index (κ3) is 4.09. The predicted octanol–water partition coefficient (Wildman–Crippen LogP) is 3.65. The number of nitrogens with one attached hydrogen (secondary N) is 1. The Kier molecular flexibility index (Phi) is 5.48. The predicted molar refractivity (Wildman–Crippen MR) is 95.0 cm³/mol. The molecule has 3 rings (SSSR count). The van der Waals surface area contributed by atoms with Gasteiger partial charge in [0.15, 0.2) is 0 Å². The molecule has 120 valence electrons. The quantitative estimate of drug-likeness (QED) is 0.904. The molecule has 4 nitrogen and oxygen atoms in total. The molecule has 0 aliphatic carbocycles. The molecule has 5 heteroatoms. The largest absolute Gasteiger partial charge is 0.371 e. The van der Waals surface area contributed by atoms with Crippen molar-refractivity contribution in [1.29, 1.82) is 0 Å². The first-order valence-electron chi connectivity index (χ1n) is 8.31. The van der Waals surface area contributed by atoms with E-state index in [9.17, 15) is 4.79 Å². The van der Waals surface area contributed by atoms with Gasteiger partial charge in [0.1, 0.15) is 0 Å². The van der Waals surface area contributed by atoms with Crippen molar-refractivity contribution in [3.63, 3.8) is 0 Å². The van der Waals surface area contributed by atoms with E-state index in [4.69, 9.17) is 0 Å². The lowest BCUT2D eigenvalue weighted by atomic mass is 10.1. The molecule has 2 fully saturated rings. The summed E-state index contributed by atoms with van der Waals surface area (Å²) in [7, 11) is 0. The SMILES string of the molecule is O=C(Nc1cccc(N2CCCCC2)c1)N1CCCSCC1. The molecule has 0 unspecified atom stereocenters. The summed E-state index contributed by atoms with van der Waals surface area (Å²) < 4.78 is 0. The van der Waals surface area contributed by atoms with Crippen LogP contribution in [0.1, 0.15) is 25.7 Å². The summed E-state index contributed by atoms with van der Waals surface area (Å²) >= 11 is 1.94. The second kappa shape index (κ2) is 7.77. The van der Waals surface area contributed by atoms with E-state index in [1.54, 1.807) is 0 Å². The monoisotopic (exact) mass is 319 g/mol. The molecule has 1 aromatic carbocycles. The van der Waals surface area contributed by atoms with Gasteiger partial charge in [-0.15, -0.1) is 0 Å². The zero-order chi connectivity index (χ0) is 15.2. The highest BCUT2D eigenvalue weighted by atomic mass is 32.2. The van der Waals surface area contributed by atoms with Gasteiger partial charge in [0.05, 0.1) is 0 Å². The maximum absolute atomic E-state index is 12.4. The molecule has 2 aliphatic heterocycles. The first-order chi connectivity index (χ1) is 10.8. The highest BCUT2D eigenvalue weighted by molar-refractivity contribution is 7.99. The lowest BCUT2D eigenvalue weighted by molar-refractivity contribution is 0.216. The van der Waals surface area contributed by atoms with E-state index in [1.807, 2.05) is 28.8 Å². The van der Waals surface area contributed by atoms with Crippen LogP contribution in [-0.4, -0.2) is 48.6 Å². The Labute approximate surface area is 137 Å². The van der Waals surface area contributed by atoms with Crippen LogP contribution in [0.25, 0.3) is 0 Å². The molecule has 2 saturated heterocycles. The third-order valence-electron chi connectivity index (χ3n) is 4.33. The first-order valence-corrected chi connectivity index (χ1v) is 9.47. The lowest BCUT2D eigenvalue weighted by Gasteiger charge is -2.29. The summed E-state index contributed by atoms with van der Waals surface area (Å²) in [6.07, 6.45) is 4.95. The van der Waals surface area contributed by atoms with Gasteiger partial charge in [-0.05, 0) is 49.6 Å². The Morgan fingerprint density at radius 2 is 1.86 bits per heavy atom. The molecule has 0 aromatic heterocycles. The van der Waals surface area contributed by atoms with E-state index in [1.165, 1.54) is 24.9 Å². The maximum atomic E-state index is 12.4. The fourth-order valence-electron chi connectivity index (χ4n) is 3.08. The van der Waals surface area contributed by atoms with Crippen LogP contribution in [0.5, 0.6) is 0 Å². The van der Waals surface area contributed by atoms with Crippen LogP contribution >= 0.6 is 11.8 Å². The maximum Gasteiger partial charge on any atom is 0.321 e. The van der Waals surface area contributed by atoms with Crippen molar-refractivity contribution in [1.82, 2.24) is 4.90 Å². The molecule has 2 heterocycles. The number of amides is 2. The highest BCUT2D eigenvalue weighted by Gasteiger charge is 2.16. The van der Waals surface area contributed by atoms with Crippen LogP contribution in [0, 0.1) is 0 Å². The molecular weight excluding hydrogens is 294 g/mol. The number of carbonyl (C=O) groups is 1. The van der Waals surface area contributed by atoms with Crippen LogP contribution in [-0.2, 0) is 0 Å². The van der Waals surface area contributed by atoms with Gasteiger partial charge in [0.2, 0.25) is 0 Å². The van der Waals surface area contributed by atoms with Crippen molar-refractivity contribution in [2.24, 2.45) is 0 Å². The Hall–Kier alpha value is -1.36. The fraction of sp³-hybridized carbons (Fsp3) is 0.588. The number of hydrogen-bond donors (Lipinski definition) is 1. The van der Waals surface area contributed by atoms with Gasteiger partial charge in [-0.3, -0.25) is 0 Å². The molecule has 1 N–H and O–H groups in total. The molecule has 22 heavy (non-hydrogen) atoms. The summed E-state index contributed by atoms with van der Waals surface area (Å²) in [5, 5.41) is 3.07. The number of benzene rings is 1.